The molecule has 5 heterocycles. The van der Waals surface area contributed by atoms with Crippen LogP contribution in [0.5, 0.6) is 0 Å². The van der Waals surface area contributed by atoms with Crippen molar-refractivity contribution in [1.82, 2.24) is 33.6 Å². The average molecular weight is 1570 g/mol. The molecule has 14 rings (SSSR count). The van der Waals surface area contributed by atoms with E-state index < -0.39 is 53.0 Å². The number of aromatic nitrogens is 6. The van der Waals surface area contributed by atoms with Crippen molar-refractivity contribution in [1.29, 1.82) is 0 Å². The molecular weight excluding hydrogens is 1470 g/mol. The molecule has 0 bridgehead atoms. The molecule has 116 heavy (non-hydrogen) atoms. The Morgan fingerprint density at radius 2 is 0.698 bits per heavy atom. The van der Waals surface area contributed by atoms with Gasteiger partial charge in [-0.15, -0.1) is 0 Å². The van der Waals surface area contributed by atoms with E-state index in [-0.39, 0.29) is 17.7 Å². The topological polar surface area (TPSA) is 270 Å². The number of fused-ring (bicyclic) bond motifs is 3. The number of aliphatic hydroxyl groups excluding tert-OH is 1. The number of morpholine rings is 1. The quantitative estimate of drug-likeness (QED) is 0.0638. The predicted octanol–water partition coefficient (Wildman–Crippen LogP) is 19.1. The van der Waals surface area contributed by atoms with Gasteiger partial charge in [-0.1, -0.05) is 127 Å². The lowest BCUT2D eigenvalue weighted by atomic mass is 9.97. The number of ether oxygens (including phenoxy) is 8. The van der Waals surface area contributed by atoms with Gasteiger partial charge in [0.2, 0.25) is 0 Å². The summed E-state index contributed by atoms with van der Waals surface area (Å²) < 4.78 is 46.5. The van der Waals surface area contributed by atoms with E-state index in [9.17, 15) is 38.7 Å². The molecule has 602 valence electrons. The van der Waals surface area contributed by atoms with Crippen LogP contribution in [0.4, 0.5) is 14.4 Å². The molecule has 0 atom stereocenters. The normalized spacial score (nSPS) is 13.1. The number of nitrogens with zero attached hydrogens (tertiary/aromatic N) is 7. The van der Waals surface area contributed by atoms with Gasteiger partial charge in [-0.05, 0) is 235 Å². The standard InChI is InChI=1S/C32H35N3O5.C28H28N2O5.C28H26N2O5.C5H10O/c1-21-33-29-27(30(36)38-5)18-26(19-28(29)35(21)31(37)40-32(2,3)4)24-11-9-23(10-12-24)25-8-6-7-22(17-25)20-34-13-15-39-16-14-34;2*1-17-29-25-23(26(32)34-5)14-22(15-24(25)30(17)27(33)35-28(2,3)4)20-11-9-19(10-12-20)21-8-6-7-18(13-21)16-31;1-2-4-6-5-3-1/h6-12,17-19H,13-16,20H2,1-5H3;6-15,31H,16H2,1-5H3;6-16H,1-5H3;1-5H2. The lowest BCUT2D eigenvalue weighted by molar-refractivity contribution is 0.0342. The third-order valence-corrected chi connectivity index (χ3v) is 19.0. The van der Waals surface area contributed by atoms with Gasteiger partial charge >= 0.3 is 36.2 Å². The fourth-order valence-corrected chi connectivity index (χ4v) is 13.6. The Morgan fingerprint density at radius 3 is 1.00 bits per heavy atom. The first-order valence-corrected chi connectivity index (χ1v) is 38.4. The van der Waals surface area contributed by atoms with Crippen LogP contribution in [-0.2, 0) is 51.0 Å². The third-order valence-electron chi connectivity index (χ3n) is 19.0. The molecule has 23 nitrogen and oxygen atoms in total. The molecule has 2 aliphatic rings. The Morgan fingerprint density at radius 1 is 0.388 bits per heavy atom. The number of carbonyl (C=O) groups is 7. The zero-order valence-electron chi connectivity index (χ0n) is 68.4. The van der Waals surface area contributed by atoms with E-state index in [2.05, 4.69) is 56.3 Å². The lowest BCUT2D eigenvalue weighted by Gasteiger charge is -2.26. The summed E-state index contributed by atoms with van der Waals surface area (Å²) in [5.74, 6) is -0.359. The fraction of sp³-hybridized carbons (Fsp3) is 0.312. The van der Waals surface area contributed by atoms with Crippen molar-refractivity contribution in [2.75, 3.05) is 60.8 Å². The average Bonchev–Trinajstić information content (AvgIpc) is 1.61. The second-order valence-corrected chi connectivity index (χ2v) is 31.2. The fourth-order valence-electron chi connectivity index (χ4n) is 13.6. The zero-order valence-corrected chi connectivity index (χ0v) is 68.4. The van der Waals surface area contributed by atoms with E-state index in [1.807, 2.05) is 142 Å². The Hall–Kier alpha value is -12.3. The summed E-state index contributed by atoms with van der Waals surface area (Å²) >= 11 is 0. The maximum atomic E-state index is 13.1. The zero-order chi connectivity index (χ0) is 83.3. The highest BCUT2D eigenvalue weighted by Gasteiger charge is 2.30. The predicted molar refractivity (Wildman–Crippen MR) is 447 cm³/mol. The van der Waals surface area contributed by atoms with Crippen molar-refractivity contribution in [2.24, 2.45) is 0 Å². The molecule has 23 heteroatoms. The second kappa shape index (κ2) is 36.9. The van der Waals surface area contributed by atoms with Crippen LogP contribution in [0.1, 0.15) is 152 Å². The maximum Gasteiger partial charge on any atom is 0.420 e. The summed E-state index contributed by atoms with van der Waals surface area (Å²) in [6.45, 7) is 27.6. The highest BCUT2D eigenvalue weighted by atomic mass is 16.6. The minimum atomic E-state index is -0.695. The first-order valence-electron chi connectivity index (χ1n) is 38.4. The summed E-state index contributed by atoms with van der Waals surface area (Å²) in [4.78, 5) is 104. The molecule has 0 unspecified atom stereocenters. The van der Waals surface area contributed by atoms with Crippen molar-refractivity contribution in [3.63, 3.8) is 0 Å². The molecule has 0 spiro atoms. The van der Waals surface area contributed by atoms with Crippen LogP contribution in [0.3, 0.4) is 0 Å². The van der Waals surface area contributed by atoms with Crippen LogP contribution in [0.15, 0.2) is 182 Å². The summed E-state index contributed by atoms with van der Waals surface area (Å²) in [7, 11) is 3.95. The molecule has 2 aliphatic heterocycles. The molecule has 0 saturated carbocycles. The van der Waals surface area contributed by atoms with E-state index in [1.54, 1.807) is 86.6 Å². The van der Waals surface area contributed by atoms with Crippen molar-refractivity contribution < 1.29 is 76.6 Å². The Bertz CT molecular complexity index is 5580. The van der Waals surface area contributed by atoms with Gasteiger partial charge in [0.1, 0.15) is 57.1 Å². The number of aldehydes is 1. The molecule has 2 fully saturated rings. The number of esters is 3. The Kier molecular flexibility index (Phi) is 26.9. The van der Waals surface area contributed by atoms with Gasteiger partial charge in [-0.3, -0.25) is 9.69 Å². The van der Waals surface area contributed by atoms with Crippen molar-refractivity contribution in [3.05, 3.63) is 233 Å². The SMILES string of the molecule is C1CCOCC1.COC(=O)c1cc(-c2ccc(-c3cccc(C=O)c3)cc2)cc2c1nc(C)n2C(=O)OC(C)(C)C.COC(=O)c1cc(-c2ccc(-c3cccc(CN4CCOCC4)c3)cc2)cc2c1nc(C)n2C(=O)OC(C)(C)C.COC(=O)c1cc(-c2ccc(-c3cccc(CO)c3)cc2)cc2c1nc(C)n2C(=O)OC(C)(C)C. The number of imidazole rings is 3. The maximum absolute atomic E-state index is 13.1. The summed E-state index contributed by atoms with van der Waals surface area (Å²) in [6, 6.07) is 58.1. The van der Waals surface area contributed by atoms with E-state index in [0.29, 0.717) is 61.7 Å². The van der Waals surface area contributed by atoms with E-state index >= 15 is 0 Å². The number of carbonyl (C=O) groups excluding carboxylic acids is 7. The van der Waals surface area contributed by atoms with Gasteiger partial charge in [-0.25, -0.2) is 57.4 Å². The number of hydrogen-bond donors (Lipinski definition) is 1. The molecule has 9 aromatic carbocycles. The number of hydrogen-bond acceptors (Lipinski definition) is 20. The molecule has 2 saturated heterocycles. The van der Waals surface area contributed by atoms with E-state index in [0.717, 1.165) is 125 Å². The van der Waals surface area contributed by atoms with Crippen LogP contribution >= 0.6 is 0 Å². The number of methoxy groups -OCH3 is 3. The van der Waals surface area contributed by atoms with Crippen molar-refractivity contribution in [2.45, 2.75) is 132 Å². The minimum Gasteiger partial charge on any atom is -0.465 e. The second-order valence-electron chi connectivity index (χ2n) is 31.2. The van der Waals surface area contributed by atoms with Gasteiger partial charge in [0, 0.05) is 38.4 Å². The Labute approximate surface area is 675 Å². The molecular formula is C93H99N7O16. The first kappa shape index (κ1) is 84.6. The number of rotatable bonds is 13. The van der Waals surface area contributed by atoms with Crippen LogP contribution in [0.25, 0.3) is 99.9 Å². The van der Waals surface area contributed by atoms with Crippen LogP contribution in [0.2, 0.25) is 0 Å². The van der Waals surface area contributed by atoms with Gasteiger partial charge in [0.15, 0.2) is 0 Å². The van der Waals surface area contributed by atoms with Crippen LogP contribution < -0.4 is 0 Å². The molecule has 12 aromatic rings. The summed E-state index contributed by atoms with van der Waals surface area (Å²) in [5.41, 5.74) is 14.9. The van der Waals surface area contributed by atoms with Crippen molar-refractivity contribution in [3.8, 4) is 66.8 Å². The van der Waals surface area contributed by atoms with Gasteiger partial charge in [0.25, 0.3) is 0 Å². The lowest BCUT2D eigenvalue weighted by Crippen LogP contribution is -2.35. The van der Waals surface area contributed by atoms with Crippen LogP contribution in [-0.4, -0.2) is 159 Å². The van der Waals surface area contributed by atoms with Gasteiger partial charge < -0.3 is 43.0 Å². The largest absolute Gasteiger partial charge is 0.465 e. The minimum absolute atomic E-state index is 0.0208. The smallest absolute Gasteiger partial charge is 0.420 e. The molecule has 3 aromatic heterocycles. The molecule has 1 N–H and O–H groups in total. The Balaban J connectivity index is 0.000000165. The first-order chi connectivity index (χ1) is 55.3. The molecule has 0 radical (unpaired) electrons. The van der Waals surface area contributed by atoms with E-state index in [1.165, 1.54) is 59.9 Å². The highest BCUT2D eigenvalue weighted by molar-refractivity contribution is 6.08. The highest BCUT2D eigenvalue weighted by Crippen LogP contribution is 2.37. The van der Waals surface area contributed by atoms with Gasteiger partial charge in [0.05, 0.1) is 74.4 Å². The molecule has 0 amide bonds. The molecule has 0 aliphatic carbocycles. The number of aryl methyl sites for hydroxylation is 3. The number of benzene rings is 9. The number of aliphatic hydroxyl groups is 1. The van der Waals surface area contributed by atoms with Crippen molar-refractivity contribution >= 4 is 75.6 Å². The monoisotopic (exact) mass is 1570 g/mol. The summed E-state index contributed by atoms with van der Waals surface area (Å²) in [5, 5.41) is 9.43. The summed E-state index contributed by atoms with van der Waals surface area (Å²) in [6.07, 6.45) is 3.06. The third kappa shape index (κ3) is 20.8. The van der Waals surface area contributed by atoms with E-state index in [4.69, 9.17) is 37.9 Å². The van der Waals surface area contributed by atoms with Gasteiger partial charge in [-0.2, -0.15) is 0 Å². The van der Waals surface area contributed by atoms with Crippen LogP contribution in [0, 0.1) is 20.8 Å².